The Labute approximate surface area is 127 Å². The molecule has 0 aliphatic carbocycles. The minimum atomic E-state index is 0.0654. The lowest BCUT2D eigenvalue weighted by atomic mass is 10.3. The first-order valence-electron chi connectivity index (χ1n) is 6.63. The number of pyridine rings is 1. The fraction of sp³-hybridized carbons (Fsp3) is 0.357. The zero-order valence-electron chi connectivity index (χ0n) is 11.6. The molecule has 1 saturated heterocycles. The molecule has 0 amide bonds. The van der Waals surface area contributed by atoms with E-state index in [1.54, 1.807) is 38.0 Å². The SMILES string of the molecule is COc1cnc(N2CCC(Oc3ccncc3Cl)C2)nc1. The van der Waals surface area contributed by atoms with E-state index in [1.165, 1.54) is 0 Å². The van der Waals surface area contributed by atoms with Crippen molar-refractivity contribution in [1.82, 2.24) is 15.0 Å². The van der Waals surface area contributed by atoms with E-state index in [4.69, 9.17) is 21.1 Å². The Morgan fingerprint density at radius 2 is 2.10 bits per heavy atom. The summed E-state index contributed by atoms with van der Waals surface area (Å²) in [5, 5.41) is 0.525. The van der Waals surface area contributed by atoms with E-state index >= 15 is 0 Å². The van der Waals surface area contributed by atoms with Crippen molar-refractivity contribution >= 4 is 17.5 Å². The van der Waals surface area contributed by atoms with Gasteiger partial charge in [0.25, 0.3) is 0 Å². The molecule has 6 nitrogen and oxygen atoms in total. The lowest BCUT2D eigenvalue weighted by molar-refractivity contribution is 0.225. The van der Waals surface area contributed by atoms with E-state index in [0.717, 1.165) is 19.5 Å². The maximum atomic E-state index is 6.05. The monoisotopic (exact) mass is 306 g/mol. The Balaban J connectivity index is 1.63. The predicted molar refractivity (Wildman–Crippen MR) is 79.1 cm³/mol. The topological polar surface area (TPSA) is 60.4 Å². The number of methoxy groups -OCH3 is 1. The molecule has 1 aliphatic rings. The third-order valence-electron chi connectivity index (χ3n) is 3.31. The van der Waals surface area contributed by atoms with Crippen molar-refractivity contribution in [1.29, 1.82) is 0 Å². The molecule has 110 valence electrons. The van der Waals surface area contributed by atoms with E-state index in [0.29, 0.717) is 22.5 Å². The van der Waals surface area contributed by atoms with Gasteiger partial charge in [0.15, 0.2) is 5.75 Å². The van der Waals surface area contributed by atoms with Crippen LogP contribution < -0.4 is 14.4 Å². The van der Waals surface area contributed by atoms with Gasteiger partial charge in [-0.05, 0) is 0 Å². The van der Waals surface area contributed by atoms with E-state index in [-0.39, 0.29) is 6.10 Å². The van der Waals surface area contributed by atoms with Gasteiger partial charge in [-0.2, -0.15) is 0 Å². The van der Waals surface area contributed by atoms with E-state index in [2.05, 4.69) is 19.9 Å². The van der Waals surface area contributed by atoms with E-state index < -0.39 is 0 Å². The van der Waals surface area contributed by atoms with Gasteiger partial charge < -0.3 is 14.4 Å². The first-order chi connectivity index (χ1) is 10.3. The van der Waals surface area contributed by atoms with Gasteiger partial charge in [0.05, 0.1) is 26.0 Å². The smallest absolute Gasteiger partial charge is 0.225 e. The van der Waals surface area contributed by atoms with Gasteiger partial charge in [-0.1, -0.05) is 11.6 Å². The van der Waals surface area contributed by atoms with Crippen LogP contribution in [-0.2, 0) is 0 Å². The number of hydrogen-bond acceptors (Lipinski definition) is 6. The summed E-state index contributed by atoms with van der Waals surface area (Å²) in [6.45, 7) is 1.57. The van der Waals surface area contributed by atoms with E-state index in [9.17, 15) is 0 Å². The fourth-order valence-corrected chi connectivity index (χ4v) is 2.39. The van der Waals surface area contributed by atoms with Crippen LogP contribution in [0.4, 0.5) is 5.95 Å². The maximum absolute atomic E-state index is 6.05. The lowest BCUT2D eigenvalue weighted by Gasteiger charge is -2.17. The molecule has 3 rings (SSSR count). The second kappa shape index (κ2) is 6.13. The highest BCUT2D eigenvalue weighted by atomic mass is 35.5. The predicted octanol–water partition coefficient (Wildman–Crippen LogP) is 2.19. The van der Waals surface area contributed by atoms with Crippen molar-refractivity contribution in [2.75, 3.05) is 25.1 Å². The first-order valence-corrected chi connectivity index (χ1v) is 7.01. The number of aromatic nitrogens is 3. The van der Waals surface area contributed by atoms with Crippen molar-refractivity contribution in [2.24, 2.45) is 0 Å². The summed E-state index contributed by atoms with van der Waals surface area (Å²) >= 11 is 6.05. The Morgan fingerprint density at radius 1 is 1.29 bits per heavy atom. The lowest BCUT2D eigenvalue weighted by Crippen LogP contribution is -2.26. The standard InChI is InChI=1S/C14H15ClN4O2/c1-20-11-6-17-14(18-7-11)19-5-3-10(9-19)21-13-2-4-16-8-12(13)15/h2,4,6-8,10H,3,5,9H2,1H3. The van der Waals surface area contributed by atoms with Gasteiger partial charge in [-0.3, -0.25) is 4.98 Å². The zero-order valence-corrected chi connectivity index (χ0v) is 12.3. The summed E-state index contributed by atoms with van der Waals surface area (Å²) in [6, 6.07) is 1.77. The molecule has 0 saturated carbocycles. The molecule has 0 radical (unpaired) electrons. The van der Waals surface area contributed by atoms with Crippen molar-refractivity contribution < 1.29 is 9.47 Å². The summed E-state index contributed by atoms with van der Waals surface area (Å²) in [6.07, 6.45) is 7.53. The average Bonchev–Trinajstić information content (AvgIpc) is 2.98. The molecule has 0 spiro atoms. The molecule has 2 aromatic rings. The van der Waals surface area contributed by atoms with Gasteiger partial charge in [0, 0.05) is 31.4 Å². The van der Waals surface area contributed by atoms with Crippen LogP contribution in [0.25, 0.3) is 0 Å². The number of rotatable bonds is 4. The van der Waals surface area contributed by atoms with Crippen molar-refractivity contribution in [3.8, 4) is 11.5 Å². The number of halogens is 1. The van der Waals surface area contributed by atoms with Gasteiger partial charge in [-0.15, -0.1) is 0 Å². The van der Waals surface area contributed by atoms with Crippen molar-refractivity contribution in [3.05, 3.63) is 35.9 Å². The number of nitrogens with zero attached hydrogens (tertiary/aromatic N) is 4. The fourth-order valence-electron chi connectivity index (χ4n) is 2.22. The Morgan fingerprint density at radius 3 is 2.81 bits per heavy atom. The highest BCUT2D eigenvalue weighted by Crippen LogP contribution is 2.26. The summed E-state index contributed by atoms with van der Waals surface area (Å²) in [7, 11) is 1.59. The molecule has 21 heavy (non-hydrogen) atoms. The first kappa shape index (κ1) is 13.9. The minimum absolute atomic E-state index is 0.0654. The van der Waals surface area contributed by atoms with Crippen LogP contribution in [0.3, 0.4) is 0 Å². The molecular weight excluding hydrogens is 292 g/mol. The van der Waals surface area contributed by atoms with Crippen LogP contribution in [0.1, 0.15) is 6.42 Å². The number of hydrogen-bond donors (Lipinski definition) is 0. The van der Waals surface area contributed by atoms with Gasteiger partial charge >= 0.3 is 0 Å². The molecule has 0 aromatic carbocycles. The highest BCUT2D eigenvalue weighted by molar-refractivity contribution is 6.31. The molecule has 0 N–H and O–H groups in total. The molecule has 1 unspecified atom stereocenters. The molecule has 1 atom stereocenters. The van der Waals surface area contributed by atoms with Crippen molar-refractivity contribution in [2.45, 2.75) is 12.5 Å². The molecule has 1 fully saturated rings. The Kier molecular flexibility index (Phi) is 4.06. The molecular formula is C14H15ClN4O2. The van der Waals surface area contributed by atoms with E-state index in [1.807, 2.05) is 0 Å². The Bertz CT molecular complexity index is 608. The zero-order chi connectivity index (χ0) is 14.7. The molecule has 7 heteroatoms. The highest BCUT2D eigenvalue weighted by Gasteiger charge is 2.26. The van der Waals surface area contributed by atoms with Crippen molar-refractivity contribution in [3.63, 3.8) is 0 Å². The maximum Gasteiger partial charge on any atom is 0.225 e. The normalized spacial score (nSPS) is 17.8. The van der Waals surface area contributed by atoms with Crippen LogP contribution in [0, 0.1) is 0 Å². The molecule has 3 heterocycles. The summed E-state index contributed by atoms with van der Waals surface area (Å²) in [5.41, 5.74) is 0. The van der Waals surface area contributed by atoms with Gasteiger partial charge in [0.1, 0.15) is 16.9 Å². The number of anilines is 1. The van der Waals surface area contributed by atoms with Crippen LogP contribution in [0.2, 0.25) is 5.02 Å². The van der Waals surface area contributed by atoms with Gasteiger partial charge in [-0.25, -0.2) is 9.97 Å². The third kappa shape index (κ3) is 3.16. The minimum Gasteiger partial charge on any atom is -0.494 e. The van der Waals surface area contributed by atoms with Crippen LogP contribution in [0.5, 0.6) is 11.5 Å². The molecule has 1 aliphatic heterocycles. The van der Waals surface area contributed by atoms with Crippen LogP contribution >= 0.6 is 11.6 Å². The second-order valence-electron chi connectivity index (χ2n) is 4.70. The van der Waals surface area contributed by atoms with Crippen LogP contribution in [0.15, 0.2) is 30.9 Å². The molecule has 2 aromatic heterocycles. The summed E-state index contributed by atoms with van der Waals surface area (Å²) < 4.78 is 11.0. The van der Waals surface area contributed by atoms with Gasteiger partial charge in [0.2, 0.25) is 5.95 Å². The second-order valence-corrected chi connectivity index (χ2v) is 5.11. The quantitative estimate of drug-likeness (QED) is 0.863. The average molecular weight is 307 g/mol. The Hall–Kier alpha value is -2.08. The third-order valence-corrected chi connectivity index (χ3v) is 3.59. The summed E-state index contributed by atoms with van der Waals surface area (Å²) in [4.78, 5) is 14.6. The molecule has 0 bridgehead atoms. The number of ether oxygens (including phenoxy) is 2. The largest absolute Gasteiger partial charge is 0.494 e. The summed E-state index contributed by atoms with van der Waals surface area (Å²) in [5.74, 6) is 1.99. The van der Waals surface area contributed by atoms with Crippen LogP contribution in [-0.4, -0.2) is 41.3 Å².